The minimum absolute atomic E-state index is 0.214. The third kappa shape index (κ3) is 4.89. The third-order valence-electron chi connectivity index (χ3n) is 5.67. The molecule has 0 bridgehead atoms. The van der Waals surface area contributed by atoms with E-state index in [1.165, 1.54) is 23.1 Å². The lowest BCUT2D eigenvalue weighted by Gasteiger charge is -2.35. The van der Waals surface area contributed by atoms with Gasteiger partial charge in [-0.2, -0.15) is 0 Å². The van der Waals surface area contributed by atoms with Gasteiger partial charge in [0, 0.05) is 38.4 Å². The number of nitrogens with one attached hydrogen (secondary N) is 1. The number of piperazine rings is 1. The van der Waals surface area contributed by atoms with Crippen molar-refractivity contribution in [2.45, 2.75) is 26.9 Å². The summed E-state index contributed by atoms with van der Waals surface area (Å²) in [7, 11) is 0. The van der Waals surface area contributed by atoms with E-state index in [1.54, 1.807) is 0 Å². The highest BCUT2D eigenvalue weighted by Gasteiger charge is 2.20. The maximum absolute atomic E-state index is 12.3. The van der Waals surface area contributed by atoms with E-state index in [9.17, 15) is 4.79 Å². The van der Waals surface area contributed by atoms with Crippen LogP contribution >= 0.6 is 0 Å². The highest BCUT2D eigenvalue weighted by molar-refractivity contribution is 5.91. The minimum Gasteiger partial charge on any atom is -0.447 e. The van der Waals surface area contributed by atoms with E-state index >= 15 is 0 Å². The molecule has 0 unspecified atom stereocenters. The van der Waals surface area contributed by atoms with Crippen LogP contribution in [0, 0.1) is 13.8 Å². The second-order valence-electron chi connectivity index (χ2n) is 7.83. The van der Waals surface area contributed by atoms with Gasteiger partial charge in [0.2, 0.25) is 5.89 Å². The highest BCUT2D eigenvalue weighted by Crippen LogP contribution is 2.20. The molecule has 1 aliphatic rings. The summed E-state index contributed by atoms with van der Waals surface area (Å²) in [6.07, 6.45) is 1.45. The lowest BCUT2D eigenvalue weighted by Crippen LogP contribution is -2.46. The molecule has 1 N–H and O–H groups in total. The normalized spacial score (nSPS) is 14.7. The number of hydrogen-bond acceptors (Lipinski definition) is 5. The Kier molecular flexibility index (Phi) is 6.14. The zero-order valence-electron chi connectivity index (χ0n) is 17.6. The van der Waals surface area contributed by atoms with Crippen molar-refractivity contribution in [2.24, 2.45) is 0 Å². The molecule has 0 atom stereocenters. The first-order chi connectivity index (χ1) is 14.6. The Morgan fingerprint density at radius 3 is 2.53 bits per heavy atom. The van der Waals surface area contributed by atoms with Crippen LogP contribution in [0.4, 0.5) is 5.69 Å². The number of nitrogens with zero attached hydrogens (tertiary/aromatic N) is 3. The van der Waals surface area contributed by atoms with E-state index in [4.69, 9.17) is 4.42 Å². The van der Waals surface area contributed by atoms with E-state index < -0.39 is 0 Å². The fourth-order valence-corrected chi connectivity index (χ4v) is 3.63. The molecule has 1 fully saturated rings. The zero-order chi connectivity index (χ0) is 20.9. The number of benzene rings is 2. The Bertz CT molecular complexity index is 991. The van der Waals surface area contributed by atoms with Gasteiger partial charge in [-0.25, -0.2) is 4.98 Å². The summed E-state index contributed by atoms with van der Waals surface area (Å²) in [5.41, 5.74) is 5.31. The van der Waals surface area contributed by atoms with Crippen molar-refractivity contribution >= 4 is 11.6 Å². The summed E-state index contributed by atoms with van der Waals surface area (Å²) in [6.45, 7) is 9.20. The van der Waals surface area contributed by atoms with Crippen LogP contribution in [0.1, 0.15) is 33.1 Å². The molecule has 4 rings (SSSR count). The quantitative estimate of drug-likeness (QED) is 0.681. The van der Waals surface area contributed by atoms with Crippen molar-refractivity contribution in [3.63, 3.8) is 0 Å². The number of rotatable bonds is 6. The largest absolute Gasteiger partial charge is 0.447 e. The predicted octanol–water partition coefficient (Wildman–Crippen LogP) is 3.54. The molecule has 2 heterocycles. The number of anilines is 1. The molecule has 1 saturated heterocycles. The summed E-state index contributed by atoms with van der Waals surface area (Å²) in [5, 5.41) is 2.88. The van der Waals surface area contributed by atoms with Crippen LogP contribution < -0.4 is 10.2 Å². The lowest BCUT2D eigenvalue weighted by molar-refractivity contribution is 0.0945. The second-order valence-corrected chi connectivity index (χ2v) is 7.83. The Balaban J connectivity index is 1.27. The summed E-state index contributed by atoms with van der Waals surface area (Å²) >= 11 is 0. The molecule has 1 aliphatic heterocycles. The number of aromatic nitrogens is 1. The van der Waals surface area contributed by atoms with Gasteiger partial charge in [-0.1, -0.05) is 36.4 Å². The van der Waals surface area contributed by atoms with Gasteiger partial charge in [0.1, 0.15) is 6.26 Å². The molecule has 6 nitrogen and oxygen atoms in total. The standard InChI is InChI=1S/C24H28N4O2/c1-18-8-9-21(14-19(18)2)28-12-10-27(11-13-28)16-23-26-22(17-30-23)24(29)25-15-20-6-4-3-5-7-20/h3-9,14,17H,10-13,15-16H2,1-2H3,(H,25,29). The summed E-state index contributed by atoms with van der Waals surface area (Å²) in [4.78, 5) is 21.4. The molecule has 30 heavy (non-hydrogen) atoms. The molecule has 156 valence electrons. The Morgan fingerprint density at radius 2 is 1.80 bits per heavy atom. The fourth-order valence-electron chi connectivity index (χ4n) is 3.63. The Labute approximate surface area is 177 Å². The number of aryl methyl sites for hydroxylation is 2. The van der Waals surface area contributed by atoms with Gasteiger partial charge in [0.25, 0.3) is 5.91 Å². The molecule has 6 heteroatoms. The first kappa shape index (κ1) is 20.2. The van der Waals surface area contributed by atoms with Gasteiger partial charge in [-0.3, -0.25) is 9.69 Å². The first-order valence-electron chi connectivity index (χ1n) is 10.4. The van der Waals surface area contributed by atoms with Crippen molar-refractivity contribution in [3.8, 4) is 0 Å². The van der Waals surface area contributed by atoms with E-state index in [0.29, 0.717) is 24.7 Å². The molecule has 1 amide bonds. The van der Waals surface area contributed by atoms with Crippen LogP contribution in [0.5, 0.6) is 0 Å². The van der Waals surface area contributed by atoms with Crippen molar-refractivity contribution in [2.75, 3.05) is 31.1 Å². The maximum atomic E-state index is 12.3. The number of carbonyl (C=O) groups is 1. The molecular formula is C24H28N4O2. The summed E-state index contributed by atoms with van der Waals surface area (Å²) in [5.74, 6) is 0.368. The van der Waals surface area contributed by atoms with E-state index in [0.717, 1.165) is 31.7 Å². The number of oxazole rings is 1. The number of amides is 1. The van der Waals surface area contributed by atoms with Crippen LogP contribution in [0.15, 0.2) is 59.2 Å². The fraction of sp³-hybridized carbons (Fsp3) is 0.333. The van der Waals surface area contributed by atoms with Crippen molar-refractivity contribution in [1.82, 2.24) is 15.2 Å². The molecule has 0 spiro atoms. The van der Waals surface area contributed by atoms with Gasteiger partial charge < -0.3 is 14.6 Å². The average molecular weight is 405 g/mol. The topological polar surface area (TPSA) is 61.6 Å². The van der Waals surface area contributed by atoms with Crippen LogP contribution in [0.2, 0.25) is 0 Å². The highest BCUT2D eigenvalue weighted by atomic mass is 16.3. The molecule has 1 aromatic heterocycles. The van der Waals surface area contributed by atoms with E-state index in [2.05, 4.69) is 52.1 Å². The smallest absolute Gasteiger partial charge is 0.273 e. The molecule has 3 aromatic rings. The van der Waals surface area contributed by atoms with Gasteiger partial charge in [-0.05, 0) is 42.7 Å². The van der Waals surface area contributed by atoms with Gasteiger partial charge in [0.05, 0.1) is 6.54 Å². The van der Waals surface area contributed by atoms with Crippen LogP contribution in [0.25, 0.3) is 0 Å². The predicted molar refractivity (Wildman–Crippen MR) is 118 cm³/mol. The van der Waals surface area contributed by atoms with Crippen LogP contribution in [-0.4, -0.2) is 42.0 Å². The van der Waals surface area contributed by atoms with Crippen LogP contribution in [-0.2, 0) is 13.1 Å². The van der Waals surface area contributed by atoms with Crippen molar-refractivity contribution in [1.29, 1.82) is 0 Å². The molecule has 0 saturated carbocycles. The first-order valence-corrected chi connectivity index (χ1v) is 10.4. The van der Waals surface area contributed by atoms with Gasteiger partial charge in [-0.15, -0.1) is 0 Å². The third-order valence-corrected chi connectivity index (χ3v) is 5.67. The zero-order valence-corrected chi connectivity index (χ0v) is 17.6. The SMILES string of the molecule is Cc1ccc(N2CCN(Cc3nc(C(=O)NCc4ccccc4)co3)CC2)cc1C. The second kappa shape index (κ2) is 9.13. The van der Waals surface area contributed by atoms with Crippen LogP contribution in [0.3, 0.4) is 0 Å². The van der Waals surface area contributed by atoms with E-state index in [-0.39, 0.29) is 5.91 Å². The maximum Gasteiger partial charge on any atom is 0.273 e. The minimum atomic E-state index is -0.214. The molecular weight excluding hydrogens is 376 g/mol. The molecule has 2 aromatic carbocycles. The molecule has 0 radical (unpaired) electrons. The van der Waals surface area contributed by atoms with Crippen molar-refractivity contribution < 1.29 is 9.21 Å². The molecule has 0 aliphatic carbocycles. The lowest BCUT2D eigenvalue weighted by atomic mass is 10.1. The summed E-state index contributed by atoms with van der Waals surface area (Å²) < 4.78 is 5.55. The monoisotopic (exact) mass is 404 g/mol. The number of carbonyl (C=O) groups excluding carboxylic acids is 1. The summed E-state index contributed by atoms with van der Waals surface area (Å²) in [6, 6.07) is 16.5. The Morgan fingerprint density at radius 1 is 1.03 bits per heavy atom. The van der Waals surface area contributed by atoms with Gasteiger partial charge in [0.15, 0.2) is 5.69 Å². The average Bonchev–Trinajstić information content (AvgIpc) is 3.24. The van der Waals surface area contributed by atoms with Crippen molar-refractivity contribution in [3.05, 3.63) is 83.1 Å². The Hall–Kier alpha value is -3.12. The number of hydrogen-bond donors (Lipinski definition) is 1. The van der Waals surface area contributed by atoms with Gasteiger partial charge >= 0.3 is 0 Å². The van der Waals surface area contributed by atoms with E-state index in [1.807, 2.05) is 30.3 Å².